The molecule has 8 heteroatoms. The van der Waals surface area contributed by atoms with Crippen molar-refractivity contribution >= 4 is 52.1 Å². The molecule has 0 aliphatic rings. The van der Waals surface area contributed by atoms with Crippen molar-refractivity contribution in [2.75, 3.05) is 29.7 Å². The maximum Gasteiger partial charge on any atom is 0.237 e. The van der Waals surface area contributed by atoms with Gasteiger partial charge in [0.2, 0.25) is 5.91 Å². The van der Waals surface area contributed by atoms with Gasteiger partial charge in [-0.25, -0.2) is 0 Å². The highest BCUT2D eigenvalue weighted by Crippen LogP contribution is 2.27. The van der Waals surface area contributed by atoms with E-state index in [1.807, 2.05) is 18.4 Å². The Kier molecular flexibility index (Phi) is 5.27. The third kappa shape index (κ3) is 3.87. The van der Waals surface area contributed by atoms with Crippen molar-refractivity contribution in [1.29, 1.82) is 0 Å². The lowest BCUT2D eigenvalue weighted by Crippen LogP contribution is -2.27. The Balaban J connectivity index is 1.92. The van der Waals surface area contributed by atoms with Gasteiger partial charge in [0.25, 0.3) is 0 Å². The van der Waals surface area contributed by atoms with E-state index in [2.05, 4.69) is 10.2 Å². The second kappa shape index (κ2) is 6.96. The van der Waals surface area contributed by atoms with Crippen LogP contribution < -0.4 is 10.6 Å². The fraction of sp³-hybridized carbons (Fsp3) is 0.250. The Morgan fingerprint density at radius 1 is 1.30 bits per heavy atom. The number of carbonyl (C=O) groups excluding carboxylic acids is 1. The SMILES string of the molecule is CSc1nnc(SCC(=O)N(C)c2ccc(N)cc2)s1. The molecule has 0 unspecified atom stereocenters. The lowest BCUT2D eigenvalue weighted by molar-refractivity contribution is -0.115. The van der Waals surface area contributed by atoms with E-state index < -0.39 is 0 Å². The molecule has 5 nitrogen and oxygen atoms in total. The van der Waals surface area contributed by atoms with E-state index in [4.69, 9.17) is 5.73 Å². The standard InChI is InChI=1S/C12H14N4OS3/c1-16(9-5-3-8(13)4-6-9)10(17)7-19-12-15-14-11(18-2)20-12/h3-6H,7,13H2,1-2H3. The molecule has 20 heavy (non-hydrogen) atoms. The molecule has 0 bridgehead atoms. The molecule has 0 radical (unpaired) electrons. The van der Waals surface area contributed by atoms with Crippen LogP contribution in [0.5, 0.6) is 0 Å². The van der Waals surface area contributed by atoms with Crippen LogP contribution in [0.2, 0.25) is 0 Å². The molecule has 2 aromatic rings. The summed E-state index contributed by atoms with van der Waals surface area (Å²) in [6.07, 6.45) is 1.95. The molecule has 1 amide bonds. The van der Waals surface area contributed by atoms with Gasteiger partial charge in [0.15, 0.2) is 8.68 Å². The van der Waals surface area contributed by atoms with Crippen molar-refractivity contribution in [1.82, 2.24) is 10.2 Å². The molecule has 0 saturated heterocycles. The zero-order valence-electron chi connectivity index (χ0n) is 11.1. The molecule has 0 aliphatic carbocycles. The van der Waals surface area contributed by atoms with Gasteiger partial charge in [-0.2, -0.15) is 0 Å². The number of nitrogens with zero attached hydrogens (tertiary/aromatic N) is 3. The fourth-order valence-electron chi connectivity index (χ4n) is 1.40. The smallest absolute Gasteiger partial charge is 0.237 e. The first-order chi connectivity index (χ1) is 9.60. The third-order valence-corrected chi connectivity index (χ3v) is 5.55. The average Bonchev–Trinajstić information content (AvgIpc) is 2.93. The number of hydrogen-bond acceptors (Lipinski definition) is 7. The van der Waals surface area contributed by atoms with Crippen LogP contribution in [0.3, 0.4) is 0 Å². The molecule has 0 aliphatic heterocycles. The quantitative estimate of drug-likeness (QED) is 0.672. The van der Waals surface area contributed by atoms with E-state index in [0.29, 0.717) is 11.4 Å². The van der Waals surface area contributed by atoms with Crippen LogP contribution in [0.4, 0.5) is 11.4 Å². The van der Waals surface area contributed by atoms with Gasteiger partial charge < -0.3 is 10.6 Å². The van der Waals surface area contributed by atoms with E-state index in [1.54, 1.807) is 35.8 Å². The summed E-state index contributed by atoms with van der Waals surface area (Å²) in [7, 11) is 1.75. The summed E-state index contributed by atoms with van der Waals surface area (Å²) in [5.41, 5.74) is 7.14. The zero-order chi connectivity index (χ0) is 14.5. The number of thioether (sulfide) groups is 2. The summed E-state index contributed by atoms with van der Waals surface area (Å²) in [4.78, 5) is 13.7. The Morgan fingerprint density at radius 3 is 2.55 bits per heavy atom. The lowest BCUT2D eigenvalue weighted by Gasteiger charge is -2.16. The minimum Gasteiger partial charge on any atom is -0.399 e. The van der Waals surface area contributed by atoms with Crippen molar-refractivity contribution in [3.63, 3.8) is 0 Å². The highest BCUT2D eigenvalue weighted by molar-refractivity contribution is 8.03. The van der Waals surface area contributed by atoms with Crippen LogP contribution in [-0.2, 0) is 4.79 Å². The number of amides is 1. The fourth-order valence-corrected chi connectivity index (χ4v) is 3.75. The van der Waals surface area contributed by atoms with Gasteiger partial charge in [0.05, 0.1) is 5.75 Å². The number of rotatable bonds is 5. The first-order valence-electron chi connectivity index (χ1n) is 5.72. The second-order valence-electron chi connectivity index (χ2n) is 3.87. The van der Waals surface area contributed by atoms with Gasteiger partial charge in [0, 0.05) is 18.4 Å². The summed E-state index contributed by atoms with van der Waals surface area (Å²) in [5.74, 6) is 0.352. The summed E-state index contributed by atoms with van der Waals surface area (Å²) in [5, 5.41) is 8.02. The molecular weight excluding hydrogens is 312 g/mol. The Morgan fingerprint density at radius 2 is 1.95 bits per heavy atom. The number of carbonyl (C=O) groups is 1. The first-order valence-corrected chi connectivity index (χ1v) is 8.75. The molecule has 0 fully saturated rings. The number of hydrogen-bond donors (Lipinski definition) is 1. The normalized spacial score (nSPS) is 10.5. The first kappa shape index (κ1) is 15.1. The van der Waals surface area contributed by atoms with Crippen LogP contribution in [0.1, 0.15) is 0 Å². The van der Waals surface area contributed by atoms with Gasteiger partial charge in [-0.05, 0) is 30.5 Å². The van der Waals surface area contributed by atoms with E-state index >= 15 is 0 Å². The number of nitrogen functional groups attached to an aromatic ring is 1. The largest absolute Gasteiger partial charge is 0.399 e. The molecule has 0 spiro atoms. The number of anilines is 2. The van der Waals surface area contributed by atoms with Gasteiger partial charge in [0.1, 0.15) is 0 Å². The highest BCUT2D eigenvalue weighted by atomic mass is 32.2. The van der Waals surface area contributed by atoms with E-state index in [9.17, 15) is 4.79 Å². The number of benzene rings is 1. The van der Waals surface area contributed by atoms with Crippen molar-refractivity contribution in [3.8, 4) is 0 Å². The zero-order valence-corrected chi connectivity index (χ0v) is 13.5. The van der Waals surface area contributed by atoms with Crippen molar-refractivity contribution in [2.24, 2.45) is 0 Å². The minimum absolute atomic E-state index is 0.0145. The summed E-state index contributed by atoms with van der Waals surface area (Å²) in [6.45, 7) is 0. The van der Waals surface area contributed by atoms with Gasteiger partial charge in [-0.3, -0.25) is 4.79 Å². The summed E-state index contributed by atoms with van der Waals surface area (Å²) in [6, 6.07) is 7.22. The predicted molar refractivity (Wildman–Crippen MR) is 86.7 cm³/mol. The average molecular weight is 326 g/mol. The van der Waals surface area contributed by atoms with Crippen molar-refractivity contribution in [3.05, 3.63) is 24.3 Å². The Labute approximate surface area is 130 Å². The molecule has 1 aromatic heterocycles. The minimum atomic E-state index is 0.0145. The second-order valence-corrected chi connectivity index (χ2v) is 7.12. The van der Waals surface area contributed by atoms with E-state index in [0.717, 1.165) is 14.4 Å². The van der Waals surface area contributed by atoms with Gasteiger partial charge in [-0.1, -0.05) is 34.9 Å². The van der Waals surface area contributed by atoms with Crippen molar-refractivity contribution < 1.29 is 4.79 Å². The van der Waals surface area contributed by atoms with Crippen molar-refractivity contribution in [2.45, 2.75) is 8.68 Å². The summed E-state index contributed by atoms with van der Waals surface area (Å²) >= 11 is 4.46. The molecule has 1 aromatic carbocycles. The Bertz CT molecular complexity index is 585. The van der Waals surface area contributed by atoms with E-state index in [-0.39, 0.29) is 5.91 Å². The molecule has 0 atom stereocenters. The van der Waals surface area contributed by atoms with E-state index in [1.165, 1.54) is 23.1 Å². The van der Waals surface area contributed by atoms with Gasteiger partial charge >= 0.3 is 0 Å². The predicted octanol–water partition coefficient (Wildman–Crippen LogP) is 2.60. The van der Waals surface area contributed by atoms with Crippen LogP contribution >= 0.6 is 34.9 Å². The van der Waals surface area contributed by atoms with Crippen LogP contribution in [0.25, 0.3) is 0 Å². The Hall–Kier alpha value is -1.25. The monoisotopic (exact) mass is 326 g/mol. The molecule has 1 heterocycles. The van der Waals surface area contributed by atoms with Gasteiger partial charge in [-0.15, -0.1) is 10.2 Å². The molecular formula is C12H14N4OS3. The number of nitrogens with two attached hydrogens (primary N) is 1. The topological polar surface area (TPSA) is 72.1 Å². The summed E-state index contributed by atoms with van der Waals surface area (Å²) < 4.78 is 1.72. The lowest BCUT2D eigenvalue weighted by atomic mass is 10.2. The number of aromatic nitrogens is 2. The maximum atomic E-state index is 12.1. The third-order valence-electron chi connectivity index (χ3n) is 2.54. The van der Waals surface area contributed by atoms with Crippen LogP contribution in [0, 0.1) is 0 Å². The maximum absolute atomic E-state index is 12.1. The van der Waals surface area contributed by atoms with Crippen LogP contribution in [0.15, 0.2) is 32.9 Å². The molecule has 2 rings (SSSR count). The molecule has 0 saturated carbocycles. The highest BCUT2D eigenvalue weighted by Gasteiger charge is 2.13. The molecule has 2 N–H and O–H groups in total. The van der Waals surface area contributed by atoms with Crippen LogP contribution in [-0.4, -0.2) is 35.2 Å². The molecule has 106 valence electrons.